The van der Waals surface area contributed by atoms with Gasteiger partial charge in [-0.2, -0.15) is 0 Å². The number of rotatable bonds is 1. The van der Waals surface area contributed by atoms with Crippen LogP contribution in [-0.4, -0.2) is 17.5 Å². The van der Waals surface area contributed by atoms with E-state index in [1.165, 1.54) is 51.2 Å². The number of allylic oxidation sites excluding steroid dienone is 2. The normalized spacial score (nSPS) is 53.7. The lowest BCUT2D eigenvalue weighted by molar-refractivity contribution is -0.184. The van der Waals surface area contributed by atoms with Crippen molar-refractivity contribution >= 4 is 6.29 Å². The lowest BCUT2D eigenvalue weighted by Gasteiger charge is -2.70. The minimum Gasteiger partial charge on any atom is -0.393 e. The van der Waals surface area contributed by atoms with E-state index in [1.807, 2.05) is 0 Å². The fourth-order valence-electron chi connectivity index (χ4n) is 10.8. The van der Waals surface area contributed by atoms with Crippen LogP contribution in [0.2, 0.25) is 0 Å². The van der Waals surface area contributed by atoms with Crippen LogP contribution in [0.4, 0.5) is 0 Å². The monoisotopic (exact) mass is 440 g/mol. The van der Waals surface area contributed by atoms with Gasteiger partial charge >= 0.3 is 0 Å². The number of carbonyl (C=O) groups excluding carboxylic acids is 1. The Bertz CT molecular complexity index is 838. The van der Waals surface area contributed by atoms with Gasteiger partial charge in [-0.1, -0.05) is 60.1 Å². The van der Waals surface area contributed by atoms with Crippen molar-refractivity contribution < 1.29 is 9.90 Å². The summed E-state index contributed by atoms with van der Waals surface area (Å²) >= 11 is 0. The molecule has 5 rings (SSSR count). The van der Waals surface area contributed by atoms with E-state index in [1.54, 1.807) is 5.57 Å². The Morgan fingerprint density at radius 1 is 0.812 bits per heavy atom. The van der Waals surface area contributed by atoms with Gasteiger partial charge in [0.25, 0.3) is 0 Å². The van der Waals surface area contributed by atoms with E-state index in [4.69, 9.17) is 0 Å². The third-order valence-electron chi connectivity index (χ3n) is 12.6. The van der Waals surface area contributed by atoms with E-state index in [-0.39, 0.29) is 27.8 Å². The van der Waals surface area contributed by atoms with Crippen LogP contribution < -0.4 is 0 Å². The molecule has 0 aromatic rings. The molecular weight excluding hydrogens is 392 g/mol. The maximum Gasteiger partial charge on any atom is 0.126 e. The highest BCUT2D eigenvalue weighted by atomic mass is 16.3. The summed E-state index contributed by atoms with van der Waals surface area (Å²) in [5, 5.41) is 10.9. The Morgan fingerprint density at radius 3 is 2.09 bits per heavy atom. The summed E-state index contributed by atoms with van der Waals surface area (Å²) in [4.78, 5) is 12.6. The molecule has 0 unspecified atom stereocenters. The van der Waals surface area contributed by atoms with Gasteiger partial charge in [0.2, 0.25) is 0 Å². The second-order valence-corrected chi connectivity index (χ2v) is 15.0. The van der Waals surface area contributed by atoms with E-state index in [0.717, 1.165) is 19.3 Å². The van der Waals surface area contributed by atoms with Crippen LogP contribution in [0.15, 0.2) is 11.6 Å². The van der Waals surface area contributed by atoms with Gasteiger partial charge in [0.15, 0.2) is 0 Å². The molecule has 0 spiro atoms. The molecule has 0 amide bonds. The summed E-state index contributed by atoms with van der Waals surface area (Å²) in [6.45, 7) is 17.2. The average Bonchev–Trinajstić information content (AvgIpc) is 2.71. The summed E-state index contributed by atoms with van der Waals surface area (Å²) in [5.74, 6) is 1.79. The molecule has 2 nitrogen and oxygen atoms in total. The zero-order chi connectivity index (χ0) is 23.4. The SMILES string of the molecule is CC1(C)CC[C@@]2(C=O)CC=C3[C@]4(C)CC[C@H]5C(C)(C)[C@@H](O)CC[C@]5(C)[C@H]4CC[C@@]3(C)[C@@H]2C1. The predicted octanol–water partition coefficient (Wildman–Crippen LogP) is 7.35. The largest absolute Gasteiger partial charge is 0.393 e. The van der Waals surface area contributed by atoms with Gasteiger partial charge in [0, 0.05) is 5.41 Å². The quantitative estimate of drug-likeness (QED) is 0.342. The fraction of sp³-hybridized carbons (Fsp3) is 0.900. The molecule has 0 radical (unpaired) electrons. The molecule has 5 aliphatic rings. The number of hydrogen-bond donors (Lipinski definition) is 1. The first-order chi connectivity index (χ1) is 14.8. The third-order valence-corrected chi connectivity index (χ3v) is 12.6. The van der Waals surface area contributed by atoms with Gasteiger partial charge in [-0.25, -0.2) is 0 Å². The van der Waals surface area contributed by atoms with Crippen molar-refractivity contribution in [2.45, 2.75) is 119 Å². The summed E-state index contributed by atoms with van der Waals surface area (Å²) in [7, 11) is 0. The maximum absolute atomic E-state index is 12.6. The summed E-state index contributed by atoms with van der Waals surface area (Å²) in [6, 6.07) is 0. The van der Waals surface area contributed by atoms with Crippen LogP contribution in [-0.2, 0) is 4.79 Å². The topological polar surface area (TPSA) is 37.3 Å². The van der Waals surface area contributed by atoms with Crippen molar-refractivity contribution in [1.82, 2.24) is 0 Å². The van der Waals surface area contributed by atoms with E-state index < -0.39 is 0 Å². The van der Waals surface area contributed by atoms with Crippen LogP contribution >= 0.6 is 0 Å². The fourth-order valence-corrected chi connectivity index (χ4v) is 10.8. The number of aliphatic hydroxyl groups is 1. The Balaban J connectivity index is 1.57. The van der Waals surface area contributed by atoms with Gasteiger partial charge in [-0.3, -0.25) is 0 Å². The van der Waals surface area contributed by atoms with Crippen molar-refractivity contribution in [3.63, 3.8) is 0 Å². The van der Waals surface area contributed by atoms with E-state index in [2.05, 4.69) is 54.5 Å². The minimum atomic E-state index is -0.162. The molecule has 8 atom stereocenters. The van der Waals surface area contributed by atoms with Crippen LogP contribution in [0.5, 0.6) is 0 Å². The van der Waals surface area contributed by atoms with Crippen molar-refractivity contribution in [3.05, 3.63) is 11.6 Å². The lowest BCUT2D eigenvalue weighted by Crippen LogP contribution is -2.63. The molecule has 4 saturated carbocycles. The first-order valence-corrected chi connectivity index (χ1v) is 13.6. The molecule has 0 saturated heterocycles. The smallest absolute Gasteiger partial charge is 0.126 e. The van der Waals surface area contributed by atoms with Gasteiger partial charge in [0.1, 0.15) is 6.29 Å². The average molecular weight is 441 g/mol. The molecule has 0 aromatic carbocycles. The lowest BCUT2D eigenvalue weighted by atomic mass is 9.34. The summed E-state index contributed by atoms with van der Waals surface area (Å²) in [6.07, 6.45) is 15.3. The van der Waals surface area contributed by atoms with Crippen molar-refractivity contribution in [2.24, 2.45) is 50.2 Å². The van der Waals surface area contributed by atoms with Gasteiger partial charge < -0.3 is 9.90 Å². The van der Waals surface area contributed by atoms with E-state index in [0.29, 0.717) is 28.6 Å². The second kappa shape index (κ2) is 6.73. The molecule has 5 aliphatic carbocycles. The number of hydrogen-bond acceptors (Lipinski definition) is 2. The Morgan fingerprint density at radius 2 is 1.44 bits per heavy atom. The highest BCUT2D eigenvalue weighted by molar-refractivity contribution is 5.63. The van der Waals surface area contributed by atoms with Crippen molar-refractivity contribution in [2.75, 3.05) is 0 Å². The summed E-state index contributed by atoms with van der Waals surface area (Å²) in [5.41, 5.74) is 2.66. The van der Waals surface area contributed by atoms with Crippen LogP contribution in [0.3, 0.4) is 0 Å². The maximum atomic E-state index is 12.6. The Kier molecular flexibility index (Phi) is 4.87. The molecule has 0 aromatic heterocycles. The van der Waals surface area contributed by atoms with Gasteiger partial charge in [-0.05, 0) is 109 Å². The number of fused-ring (bicyclic) bond motifs is 7. The van der Waals surface area contributed by atoms with Crippen LogP contribution in [0.25, 0.3) is 0 Å². The third kappa shape index (κ3) is 2.77. The highest BCUT2D eigenvalue weighted by Gasteiger charge is 2.67. The van der Waals surface area contributed by atoms with Crippen molar-refractivity contribution in [3.8, 4) is 0 Å². The molecule has 0 aliphatic heterocycles. The molecular formula is C30H48O2. The first kappa shape index (κ1) is 23.1. The molecule has 1 N–H and O–H groups in total. The van der Waals surface area contributed by atoms with E-state index >= 15 is 0 Å². The Hall–Kier alpha value is -0.630. The molecule has 180 valence electrons. The molecule has 0 heterocycles. The van der Waals surface area contributed by atoms with E-state index in [9.17, 15) is 9.90 Å². The number of aldehydes is 1. The van der Waals surface area contributed by atoms with Crippen LogP contribution in [0, 0.1) is 50.2 Å². The highest BCUT2D eigenvalue weighted by Crippen LogP contribution is 2.74. The van der Waals surface area contributed by atoms with Gasteiger partial charge in [-0.15, -0.1) is 0 Å². The predicted molar refractivity (Wildman–Crippen MR) is 131 cm³/mol. The minimum absolute atomic E-state index is 0.0100. The molecule has 2 heteroatoms. The zero-order valence-electron chi connectivity index (χ0n) is 21.9. The second-order valence-electron chi connectivity index (χ2n) is 15.0. The van der Waals surface area contributed by atoms with Crippen LogP contribution in [0.1, 0.15) is 113 Å². The van der Waals surface area contributed by atoms with Gasteiger partial charge in [0.05, 0.1) is 6.10 Å². The first-order valence-electron chi connectivity index (χ1n) is 13.6. The number of carbonyl (C=O) groups is 1. The standard InChI is InChI=1S/C30H48O2/c1-25(2)16-17-30(19-31)15-10-22-28(6)12-8-20-26(3,4)24(32)11-14-27(20,5)21(28)9-13-29(22,7)23(30)18-25/h10,19-21,23-24,32H,8-9,11-18H2,1-7H3/t20-,21+,23-,24-,27-,28+,29+,30+/m0/s1. The molecule has 4 fully saturated rings. The molecule has 32 heavy (non-hydrogen) atoms. The Labute approximate surface area is 197 Å². The van der Waals surface area contributed by atoms with Crippen molar-refractivity contribution in [1.29, 1.82) is 0 Å². The number of aliphatic hydroxyl groups excluding tert-OH is 1. The summed E-state index contributed by atoms with van der Waals surface area (Å²) < 4.78 is 0. The zero-order valence-corrected chi connectivity index (χ0v) is 21.9. The molecule has 0 bridgehead atoms.